The first-order chi connectivity index (χ1) is 7.43. The number of fused-ring (bicyclic) bond motifs is 1. The van der Waals surface area contributed by atoms with Crippen LogP contribution in [0.5, 0.6) is 5.75 Å². The lowest BCUT2D eigenvalue weighted by atomic mass is 10.0. The molecule has 1 heterocycles. The van der Waals surface area contributed by atoms with Crippen LogP contribution in [0.15, 0.2) is 18.2 Å². The van der Waals surface area contributed by atoms with Gasteiger partial charge in [0.2, 0.25) is 0 Å². The molecule has 16 heavy (non-hydrogen) atoms. The lowest BCUT2D eigenvalue weighted by Crippen LogP contribution is -2.30. The maximum atomic E-state index is 9.60. The Morgan fingerprint density at radius 2 is 1.94 bits per heavy atom. The van der Waals surface area contributed by atoms with E-state index < -0.39 is 8.07 Å². The molecule has 0 radical (unpaired) electrons. The van der Waals surface area contributed by atoms with Crippen molar-refractivity contribution in [2.24, 2.45) is 0 Å². The molecule has 0 aromatic heterocycles. The lowest BCUT2D eigenvalue weighted by molar-refractivity contribution is 0.0473. The summed E-state index contributed by atoms with van der Waals surface area (Å²) in [6, 6.07) is 5.66. The number of benzene rings is 1. The van der Waals surface area contributed by atoms with Gasteiger partial charge in [0.1, 0.15) is 5.75 Å². The minimum Gasteiger partial charge on any atom is -0.508 e. The Morgan fingerprint density at radius 3 is 2.50 bits per heavy atom. The van der Waals surface area contributed by atoms with Gasteiger partial charge in [-0.1, -0.05) is 32.6 Å². The van der Waals surface area contributed by atoms with Crippen molar-refractivity contribution >= 4 is 8.07 Å². The molecule has 2 rings (SSSR count). The van der Waals surface area contributed by atoms with Crippen LogP contribution in [0.4, 0.5) is 0 Å². The van der Waals surface area contributed by atoms with Gasteiger partial charge >= 0.3 is 0 Å². The number of phenolic OH excluding ortho intramolecular Hbond substituents is 1. The van der Waals surface area contributed by atoms with Crippen LogP contribution in [0, 0.1) is 0 Å². The first-order valence-electron chi connectivity index (χ1n) is 5.91. The van der Waals surface area contributed by atoms with Crippen molar-refractivity contribution < 1.29 is 9.84 Å². The first-order valence-corrected chi connectivity index (χ1v) is 9.49. The highest BCUT2D eigenvalue weighted by atomic mass is 28.3. The van der Waals surface area contributed by atoms with Crippen molar-refractivity contribution in [2.45, 2.75) is 44.8 Å². The first kappa shape index (κ1) is 11.7. The highest BCUT2D eigenvalue weighted by Crippen LogP contribution is 2.45. The van der Waals surface area contributed by atoms with E-state index in [4.69, 9.17) is 4.74 Å². The average molecular weight is 236 g/mol. The Bertz CT molecular complexity index is 395. The number of phenols is 1. The smallest absolute Gasteiger partial charge is 0.115 e. The van der Waals surface area contributed by atoms with Gasteiger partial charge in [-0.25, -0.2) is 0 Å². The van der Waals surface area contributed by atoms with Gasteiger partial charge in [-0.05, 0) is 29.7 Å². The second kappa shape index (κ2) is 3.89. The molecule has 3 heteroatoms. The number of ether oxygens (including phenoxy) is 1. The summed E-state index contributed by atoms with van der Waals surface area (Å²) in [4.78, 5) is 0. The maximum Gasteiger partial charge on any atom is 0.115 e. The van der Waals surface area contributed by atoms with Crippen LogP contribution in [0.25, 0.3) is 0 Å². The minimum atomic E-state index is -1.39. The predicted molar refractivity (Wildman–Crippen MR) is 68.3 cm³/mol. The second-order valence-corrected chi connectivity index (χ2v) is 10.8. The number of rotatable bonds is 2. The van der Waals surface area contributed by atoms with Crippen LogP contribution < -0.4 is 0 Å². The summed E-state index contributed by atoms with van der Waals surface area (Å²) in [6.45, 7) is 9.07. The highest BCUT2D eigenvalue weighted by molar-refractivity contribution is 6.77. The Hall–Kier alpha value is -0.803. The summed E-state index contributed by atoms with van der Waals surface area (Å²) in [6.07, 6.45) is 1.21. The van der Waals surface area contributed by atoms with Gasteiger partial charge < -0.3 is 9.84 Å². The van der Waals surface area contributed by atoms with E-state index in [2.05, 4.69) is 26.6 Å². The van der Waals surface area contributed by atoms with E-state index >= 15 is 0 Å². The van der Waals surface area contributed by atoms with Gasteiger partial charge in [-0.15, -0.1) is 0 Å². The van der Waals surface area contributed by atoms with Gasteiger partial charge in [-0.3, -0.25) is 0 Å². The third kappa shape index (κ3) is 1.89. The molecular weight excluding hydrogens is 216 g/mol. The third-order valence-electron chi connectivity index (χ3n) is 3.16. The van der Waals surface area contributed by atoms with Crippen molar-refractivity contribution in [1.29, 1.82) is 0 Å². The SMILES string of the molecule is CCC1OC([Si](C)(C)C)c2cc(O)ccc21. The quantitative estimate of drug-likeness (QED) is 0.792. The van der Waals surface area contributed by atoms with E-state index in [1.54, 1.807) is 6.07 Å². The largest absolute Gasteiger partial charge is 0.508 e. The molecule has 0 saturated carbocycles. The van der Waals surface area contributed by atoms with Crippen LogP contribution in [0.2, 0.25) is 19.6 Å². The van der Waals surface area contributed by atoms with Crippen LogP contribution in [-0.4, -0.2) is 13.2 Å². The Morgan fingerprint density at radius 1 is 1.25 bits per heavy atom. The molecule has 1 N–H and O–H groups in total. The Kier molecular flexibility index (Phi) is 2.84. The fraction of sp³-hybridized carbons (Fsp3) is 0.538. The summed E-state index contributed by atoms with van der Waals surface area (Å²) >= 11 is 0. The van der Waals surface area contributed by atoms with E-state index in [9.17, 15) is 5.11 Å². The summed E-state index contributed by atoms with van der Waals surface area (Å²) in [5, 5.41) is 9.60. The minimum absolute atomic E-state index is 0.215. The number of hydrogen-bond donors (Lipinski definition) is 1. The molecule has 0 bridgehead atoms. The zero-order chi connectivity index (χ0) is 11.9. The lowest BCUT2D eigenvalue weighted by Gasteiger charge is -2.25. The van der Waals surface area contributed by atoms with Gasteiger partial charge in [0.15, 0.2) is 0 Å². The van der Waals surface area contributed by atoms with Gasteiger partial charge in [0.05, 0.1) is 19.9 Å². The van der Waals surface area contributed by atoms with Crippen LogP contribution in [0.1, 0.15) is 36.3 Å². The Labute approximate surface area is 98.3 Å². The van der Waals surface area contributed by atoms with Gasteiger partial charge in [0, 0.05) is 0 Å². The van der Waals surface area contributed by atoms with E-state index in [-0.39, 0.29) is 11.8 Å². The van der Waals surface area contributed by atoms with Crippen LogP contribution >= 0.6 is 0 Å². The summed E-state index contributed by atoms with van der Waals surface area (Å²) < 4.78 is 6.15. The molecule has 0 amide bonds. The average Bonchev–Trinajstić information content (AvgIpc) is 2.54. The molecule has 1 aromatic rings. The van der Waals surface area contributed by atoms with Crippen LogP contribution in [-0.2, 0) is 4.74 Å². The molecule has 1 aromatic carbocycles. The van der Waals surface area contributed by atoms with E-state index in [1.165, 1.54) is 11.1 Å². The van der Waals surface area contributed by atoms with Crippen molar-refractivity contribution in [3.63, 3.8) is 0 Å². The monoisotopic (exact) mass is 236 g/mol. The molecule has 0 fully saturated rings. The van der Waals surface area contributed by atoms with E-state index in [0.717, 1.165) is 6.42 Å². The standard InChI is InChI=1S/C13H20O2Si/c1-5-12-10-7-6-9(14)8-11(10)13(15-12)16(2,3)4/h6-8,12-14H,5H2,1-4H3. The van der Waals surface area contributed by atoms with E-state index in [0.29, 0.717) is 5.75 Å². The third-order valence-corrected chi connectivity index (χ3v) is 5.18. The fourth-order valence-corrected chi connectivity index (χ4v) is 4.14. The molecular formula is C13H20O2Si. The summed E-state index contributed by atoms with van der Waals surface area (Å²) in [7, 11) is -1.39. The molecule has 1 aliphatic heterocycles. The van der Waals surface area contributed by atoms with Crippen molar-refractivity contribution in [3.05, 3.63) is 29.3 Å². The highest BCUT2D eigenvalue weighted by Gasteiger charge is 2.39. The van der Waals surface area contributed by atoms with Gasteiger partial charge in [0.25, 0.3) is 0 Å². The predicted octanol–water partition coefficient (Wildman–Crippen LogP) is 3.79. The van der Waals surface area contributed by atoms with E-state index in [1.807, 2.05) is 12.1 Å². The molecule has 88 valence electrons. The van der Waals surface area contributed by atoms with Crippen molar-refractivity contribution in [3.8, 4) is 5.75 Å². The normalized spacial score (nSPS) is 24.5. The molecule has 0 spiro atoms. The maximum absolute atomic E-state index is 9.60. The zero-order valence-electron chi connectivity index (χ0n) is 10.4. The zero-order valence-corrected chi connectivity index (χ0v) is 11.4. The molecule has 2 unspecified atom stereocenters. The molecule has 2 nitrogen and oxygen atoms in total. The van der Waals surface area contributed by atoms with Crippen molar-refractivity contribution in [1.82, 2.24) is 0 Å². The van der Waals surface area contributed by atoms with Crippen LogP contribution in [0.3, 0.4) is 0 Å². The Balaban J connectivity index is 2.47. The second-order valence-electron chi connectivity index (χ2n) is 5.59. The molecule has 1 aliphatic rings. The fourth-order valence-electron chi connectivity index (χ4n) is 2.38. The number of hydrogen-bond acceptors (Lipinski definition) is 2. The molecule has 0 saturated heterocycles. The molecule has 0 aliphatic carbocycles. The molecule has 2 atom stereocenters. The number of aromatic hydroxyl groups is 1. The summed E-state index contributed by atoms with van der Waals surface area (Å²) in [5.74, 6) is 0.349. The topological polar surface area (TPSA) is 29.5 Å². The van der Waals surface area contributed by atoms with Gasteiger partial charge in [-0.2, -0.15) is 0 Å². The summed E-state index contributed by atoms with van der Waals surface area (Å²) in [5.41, 5.74) is 2.71. The van der Waals surface area contributed by atoms with Crippen molar-refractivity contribution in [2.75, 3.05) is 0 Å².